The largest absolute Gasteiger partial charge is 0.452 e. The Hall–Kier alpha value is -3.49. The van der Waals surface area contributed by atoms with Crippen LogP contribution >= 0.6 is 15.9 Å². The lowest BCUT2D eigenvalue weighted by Gasteiger charge is -2.42. The minimum absolute atomic E-state index is 0.305. The molecule has 0 radical (unpaired) electrons. The quantitative estimate of drug-likeness (QED) is 0.253. The monoisotopic (exact) mass is 538 g/mol. The Kier molecular flexibility index (Phi) is 7.94. The van der Waals surface area contributed by atoms with Gasteiger partial charge in [0, 0.05) is 0 Å². The van der Waals surface area contributed by atoms with Gasteiger partial charge in [0.05, 0.1) is 22.8 Å². The van der Waals surface area contributed by atoms with Gasteiger partial charge < -0.3 is 18.9 Å². The molecule has 4 rings (SSSR count). The number of carbonyl (C=O) groups is 3. The number of esters is 3. The molecule has 0 amide bonds. The molecule has 35 heavy (non-hydrogen) atoms. The van der Waals surface area contributed by atoms with Crippen molar-refractivity contribution in [2.24, 2.45) is 0 Å². The van der Waals surface area contributed by atoms with E-state index in [1.807, 2.05) is 0 Å². The van der Waals surface area contributed by atoms with Crippen LogP contribution in [0.2, 0.25) is 0 Å². The number of alkyl halides is 1. The molecule has 180 valence electrons. The Labute approximate surface area is 211 Å². The maximum atomic E-state index is 13.0. The van der Waals surface area contributed by atoms with Crippen LogP contribution in [0.25, 0.3) is 0 Å². The van der Waals surface area contributed by atoms with Gasteiger partial charge in [0.25, 0.3) is 0 Å². The first-order valence-corrected chi connectivity index (χ1v) is 11.9. The van der Waals surface area contributed by atoms with Crippen molar-refractivity contribution in [1.82, 2.24) is 0 Å². The van der Waals surface area contributed by atoms with Gasteiger partial charge in [-0.1, -0.05) is 70.5 Å². The molecule has 0 N–H and O–H groups in total. The van der Waals surface area contributed by atoms with Gasteiger partial charge in [-0.3, -0.25) is 0 Å². The smallest absolute Gasteiger partial charge is 0.338 e. The van der Waals surface area contributed by atoms with E-state index < -0.39 is 47.3 Å². The molecular weight excluding hydrogens is 516 g/mol. The van der Waals surface area contributed by atoms with Crippen molar-refractivity contribution >= 4 is 33.8 Å². The predicted molar refractivity (Wildman–Crippen MR) is 130 cm³/mol. The van der Waals surface area contributed by atoms with Crippen LogP contribution in [-0.4, -0.2) is 47.3 Å². The van der Waals surface area contributed by atoms with Gasteiger partial charge in [-0.15, -0.1) is 0 Å². The zero-order valence-electron chi connectivity index (χ0n) is 18.8. The van der Waals surface area contributed by atoms with Crippen LogP contribution in [0, 0.1) is 0 Å². The second-order valence-electron chi connectivity index (χ2n) is 7.90. The molecule has 0 bridgehead atoms. The SMILES string of the molecule is C[C@H]1OC(Br)[C@@H](OC(=O)c2ccccc2)[C@@H](OC(=O)c2ccccc2)[C@@H]1OC(=O)c1ccccc1. The van der Waals surface area contributed by atoms with E-state index >= 15 is 0 Å². The van der Waals surface area contributed by atoms with Crippen molar-refractivity contribution in [1.29, 1.82) is 0 Å². The number of ether oxygens (including phenoxy) is 4. The fourth-order valence-corrected chi connectivity index (χ4v) is 4.43. The van der Waals surface area contributed by atoms with Crippen molar-refractivity contribution in [3.63, 3.8) is 0 Å². The van der Waals surface area contributed by atoms with Gasteiger partial charge in [0.15, 0.2) is 23.3 Å². The van der Waals surface area contributed by atoms with Gasteiger partial charge >= 0.3 is 17.9 Å². The molecule has 1 aliphatic heterocycles. The van der Waals surface area contributed by atoms with E-state index in [0.29, 0.717) is 16.7 Å². The van der Waals surface area contributed by atoms with Gasteiger partial charge in [0.1, 0.15) is 0 Å². The number of carbonyl (C=O) groups excluding carboxylic acids is 3. The standard InChI is InChI=1S/C27H23BrO7/c1-17-21(33-25(29)18-11-5-2-6-12-18)22(34-26(30)19-13-7-3-8-14-19)23(24(28)32-17)35-27(31)20-15-9-4-10-16-20/h2-17,21-24H,1H3/t17-,21-,22+,23+,24?/m1/s1. The highest BCUT2D eigenvalue weighted by Gasteiger charge is 2.50. The topological polar surface area (TPSA) is 88.1 Å². The highest BCUT2D eigenvalue weighted by atomic mass is 79.9. The van der Waals surface area contributed by atoms with Gasteiger partial charge in [-0.05, 0) is 43.3 Å². The van der Waals surface area contributed by atoms with Crippen LogP contribution in [0.3, 0.4) is 0 Å². The molecule has 8 heteroatoms. The van der Waals surface area contributed by atoms with E-state index in [9.17, 15) is 14.4 Å². The van der Waals surface area contributed by atoms with Crippen LogP contribution in [0.5, 0.6) is 0 Å². The summed E-state index contributed by atoms with van der Waals surface area (Å²) in [6.45, 7) is 1.69. The molecule has 5 atom stereocenters. The molecule has 1 unspecified atom stereocenters. The lowest BCUT2D eigenvalue weighted by Crippen LogP contribution is -2.59. The number of hydrogen-bond donors (Lipinski definition) is 0. The van der Waals surface area contributed by atoms with Crippen LogP contribution in [0.1, 0.15) is 38.0 Å². The molecule has 0 aliphatic carbocycles. The molecule has 1 heterocycles. The van der Waals surface area contributed by atoms with E-state index in [1.165, 1.54) is 0 Å². The maximum absolute atomic E-state index is 13.0. The summed E-state index contributed by atoms with van der Waals surface area (Å²) < 4.78 is 23.2. The van der Waals surface area contributed by atoms with E-state index in [4.69, 9.17) is 18.9 Å². The lowest BCUT2D eigenvalue weighted by atomic mass is 9.99. The average Bonchev–Trinajstić information content (AvgIpc) is 2.89. The van der Waals surface area contributed by atoms with E-state index in [0.717, 1.165) is 0 Å². The normalized spacial score (nSPS) is 23.7. The number of benzene rings is 3. The van der Waals surface area contributed by atoms with Gasteiger partial charge in [0.2, 0.25) is 0 Å². The third-order valence-electron chi connectivity index (χ3n) is 5.47. The Morgan fingerprint density at radius 2 is 0.943 bits per heavy atom. The summed E-state index contributed by atoms with van der Waals surface area (Å²) in [5.74, 6) is -1.90. The Morgan fingerprint density at radius 1 is 0.600 bits per heavy atom. The summed E-state index contributed by atoms with van der Waals surface area (Å²) in [5.41, 5.74) is 0.947. The molecule has 1 aliphatic rings. The van der Waals surface area contributed by atoms with E-state index in [2.05, 4.69) is 15.9 Å². The van der Waals surface area contributed by atoms with Crippen LogP contribution in [0.4, 0.5) is 0 Å². The van der Waals surface area contributed by atoms with Crippen molar-refractivity contribution in [2.45, 2.75) is 36.4 Å². The van der Waals surface area contributed by atoms with Crippen molar-refractivity contribution < 1.29 is 33.3 Å². The fourth-order valence-electron chi connectivity index (χ4n) is 3.68. The highest BCUT2D eigenvalue weighted by Crippen LogP contribution is 2.32. The van der Waals surface area contributed by atoms with Crippen LogP contribution in [0.15, 0.2) is 91.0 Å². The second-order valence-corrected chi connectivity index (χ2v) is 8.80. The summed E-state index contributed by atoms with van der Waals surface area (Å²) in [6.07, 6.45) is -3.96. The van der Waals surface area contributed by atoms with Crippen LogP contribution in [-0.2, 0) is 18.9 Å². The first-order chi connectivity index (χ1) is 16.9. The van der Waals surface area contributed by atoms with Gasteiger partial charge in [-0.25, -0.2) is 14.4 Å². The molecule has 7 nitrogen and oxygen atoms in total. The van der Waals surface area contributed by atoms with Crippen molar-refractivity contribution in [3.8, 4) is 0 Å². The number of rotatable bonds is 6. The zero-order chi connectivity index (χ0) is 24.8. The van der Waals surface area contributed by atoms with Crippen molar-refractivity contribution in [3.05, 3.63) is 108 Å². The summed E-state index contributed by atoms with van der Waals surface area (Å²) in [6, 6.07) is 25.2. The fraction of sp³-hybridized carbons (Fsp3) is 0.222. The molecule has 0 saturated carbocycles. The van der Waals surface area contributed by atoms with E-state index in [1.54, 1.807) is 97.9 Å². The third kappa shape index (κ3) is 5.96. The number of halogens is 1. The minimum Gasteiger partial charge on any atom is -0.452 e. The summed E-state index contributed by atoms with van der Waals surface area (Å²) in [5, 5.41) is -0.814. The summed E-state index contributed by atoms with van der Waals surface area (Å²) in [4.78, 5) is 38.7. The lowest BCUT2D eigenvalue weighted by molar-refractivity contribution is -0.193. The molecule has 3 aromatic rings. The molecule has 0 spiro atoms. The molecule has 1 fully saturated rings. The second kappa shape index (κ2) is 11.3. The Bertz CT molecular complexity index is 1090. The summed E-state index contributed by atoms with van der Waals surface area (Å²) in [7, 11) is 0. The molecule has 0 aromatic heterocycles. The number of hydrogen-bond acceptors (Lipinski definition) is 7. The Morgan fingerprint density at radius 3 is 1.34 bits per heavy atom. The first-order valence-electron chi connectivity index (χ1n) is 11.0. The first kappa shape index (κ1) is 24.6. The molecule has 3 aromatic carbocycles. The molecule has 1 saturated heterocycles. The maximum Gasteiger partial charge on any atom is 0.338 e. The Balaban J connectivity index is 1.63. The average molecular weight is 539 g/mol. The van der Waals surface area contributed by atoms with Gasteiger partial charge in [-0.2, -0.15) is 0 Å². The van der Waals surface area contributed by atoms with Crippen molar-refractivity contribution in [2.75, 3.05) is 0 Å². The predicted octanol–water partition coefficient (Wildman–Crippen LogP) is 4.80. The third-order valence-corrected chi connectivity index (χ3v) is 6.21. The minimum atomic E-state index is -1.14. The molecular formula is C27H23BrO7. The van der Waals surface area contributed by atoms with Crippen LogP contribution < -0.4 is 0 Å². The van der Waals surface area contributed by atoms with E-state index in [-0.39, 0.29) is 0 Å². The highest BCUT2D eigenvalue weighted by molar-refractivity contribution is 9.09. The summed E-state index contributed by atoms with van der Waals surface area (Å²) >= 11 is 3.39. The zero-order valence-corrected chi connectivity index (χ0v) is 20.4.